The summed E-state index contributed by atoms with van der Waals surface area (Å²) in [6, 6.07) is 18.0. The minimum Gasteiger partial charge on any atom is -0.311 e. The van der Waals surface area contributed by atoms with E-state index >= 15 is 0 Å². The van der Waals surface area contributed by atoms with Gasteiger partial charge in [-0.05, 0) is 35.4 Å². The Morgan fingerprint density at radius 3 is 2.72 bits per heavy atom. The summed E-state index contributed by atoms with van der Waals surface area (Å²) in [6.07, 6.45) is 4.05. The lowest BCUT2D eigenvalue weighted by Crippen LogP contribution is -2.35. The Morgan fingerprint density at radius 1 is 1.08 bits per heavy atom. The number of nitrogens with one attached hydrogen (secondary N) is 1. The van der Waals surface area contributed by atoms with E-state index in [1.54, 1.807) is 6.20 Å². The second kappa shape index (κ2) is 6.91. The Labute approximate surface area is 146 Å². The molecule has 25 heavy (non-hydrogen) atoms. The van der Waals surface area contributed by atoms with Gasteiger partial charge in [-0.1, -0.05) is 30.3 Å². The van der Waals surface area contributed by atoms with E-state index in [1.807, 2.05) is 64.3 Å². The predicted molar refractivity (Wildman–Crippen MR) is 97.8 cm³/mol. The molecule has 0 fully saturated rings. The zero-order valence-electron chi connectivity index (χ0n) is 13.9. The van der Waals surface area contributed by atoms with E-state index in [9.17, 15) is 4.79 Å². The molecule has 3 aromatic rings. The molecule has 0 unspecified atom stereocenters. The Balaban J connectivity index is 1.52. The van der Waals surface area contributed by atoms with Crippen LogP contribution in [0.1, 0.15) is 11.1 Å². The minimum absolute atomic E-state index is 0.128. The molecule has 1 aromatic heterocycles. The van der Waals surface area contributed by atoms with Gasteiger partial charge in [0, 0.05) is 37.7 Å². The topological polar surface area (TPSA) is 50.2 Å². The van der Waals surface area contributed by atoms with Crippen molar-refractivity contribution in [2.45, 2.75) is 13.0 Å². The first-order valence-corrected chi connectivity index (χ1v) is 8.49. The van der Waals surface area contributed by atoms with Crippen molar-refractivity contribution in [2.75, 3.05) is 18.0 Å². The van der Waals surface area contributed by atoms with Crippen molar-refractivity contribution >= 4 is 11.6 Å². The van der Waals surface area contributed by atoms with Crippen molar-refractivity contribution in [1.82, 2.24) is 15.1 Å². The van der Waals surface area contributed by atoms with Gasteiger partial charge in [0.1, 0.15) is 0 Å². The standard InChI is InChI=1S/C20H20N4O/c25-20(23-13-11-21-15-17-4-1-2-5-19(17)23)14-16-6-8-18(9-7-16)24-12-3-10-22-24/h1-10,12,21H,11,13-15H2. The number of nitrogens with zero attached hydrogens (tertiary/aromatic N) is 3. The molecule has 0 bridgehead atoms. The molecule has 1 N–H and O–H groups in total. The summed E-state index contributed by atoms with van der Waals surface area (Å²) in [5, 5.41) is 7.59. The molecule has 1 aliphatic heterocycles. The van der Waals surface area contributed by atoms with Gasteiger partial charge < -0.3 is 10.2 Å². The summed E-state index contributed by atoms with van der Waals surface area (Å²) in [5.41, 5.74) is 4.19. The predicted octanol–water partition coefficient (Wildman–Crippen LogP) is 2.55. The van der Waals surface area contributed by atoms with Gasteiger partial charge in [0.25, 0.3) is 0 Å². The molecule has 126 valence electrons. The van der Waals surface area contributed by atoms with Crippen LogP contribution in [0.5, 0.6) is 0 Å². The van der Waals surface area contributed by atoms with Crippen molar-refractivity contribution in [3.05, 3.63) is 78.1 Å². The number of rotatable bonds is 3. The van der Waals surface area contributed by atoms with Gasteiger partial charge >= 0.3 is 0 Å². The summed E-state index contributed by atoms with van der Waals surface area (Å²) in [6.45, 7) is 2.30. The van der Waals surface area contributed by atoms with E-state index in [0.717, 1.165) is 30.0 Å². The maximum Gasteiger partial charge on any atom is 0.231 e. The lowest BCUT2D eigenvalue weighted by Gasteiger charge is -2.22. The van der Waals surface area contributed by atoms with E-state index in [4.69, 9.17) is 0 Å². The third-order valence-electron chi connectivity index (χ3n) is 4.47. The first-order chi connectivity index (χ1) is 12.3. The summed E-state index contributed by atoms with van der Waals surface area (Å²) in [5.74, 6) is 0.128. The monoisotopic (exact) mass is 332 g/mol. The minimum atomic E-state index is 0.128. The van der Waals surface area contributed by atoms with Gasteiger partial charge in [-0.3, -0.25) is 4.79 Å². The fourth-order valence-corrected chi connectivity index (χ4v) is 3.18. The highest BCUT2D eigenvalue weighted by molar-refractivity contribution is 5.95. The lowest BCUT2D eigenvalue weighted by molar-refractivity contribution is -0.118. The normalized spacial score (nSPS) is 14.0. The van der Waals surface area contributed by atoms with Crippen LogP contribution in [-0.4, -0.2) is 28.8 Å². The van der Waals surface area contributed by atoms with Gasteiger partial charge in [0.15, 0.2) is 0 Å². The van der Waals surface area contributed by atoms with Gasteiger partial charge in [-0.2, -0.15) is 5.10 Å². The Morgan fingerprint density at radius 2 is 1.92 bits per heavy atom. The summed E-state index contributed by atoms with van der Waals surface area (Å²) < 4.78 is 1.81. The fourth-order valence-electron chi connectivity index (χ4n) is 3.18. The highest BCUT2D eigenvalue weighted by Crippen LogP contribution is 2.23. The van der Waals surface area contributed by atoms with Crippen molar-refractivity contribution in [3.63, 3.8) is 0 Å². The molecular weight excluding hydrogens is 312 g/mol. The van der Waals surface area contributed by atoms with E-state index in [-0.39, 0.29) is 5.91 Å². The Bertz CT molecular complexity index is 856. The van der Waals surface area contributed by atoms with Crippen LogP contribution in [0.15, 0.2) is 67.0 Å². The van der Waals surface area contributed by atoms with Crippen LogP contribution < -0.4 is 10.2 Å². The number of carbonyl (C=O) groups is 1. The molecule has 5 nitrogen and oxygen atoms in total. The highest BCUT2D eigenvalue weighted by atomic mass is 16.2. The molecule has 4 rings (SSSR count). The Hall–Kier alpha value is -2.92. The molecular formula is C20H20N4O. The SMILES string of the molecule is O=C(Cc1ccc(-n2cccn2)cc1)N1CCNCc2ccccc21. The first kappa shape index (κ1) is 15.6. The number of anilines is 1. The molecule has 0 atom stereocenters. The van der Waals surface area contributed by atoms with E-state index in [0.29, 0.717) is 13.0 Å². The van der Waals surface area contributed by atoms with Crippen LogP contribution in [0.25, 0.3) is 5.69 Å². The smallest absolute Gasteiger partial charge is 0.231 e. The van der Waals surface area contributed by atoms with Crippen LogP contribution in [0.4, 0.5) is 5.69 Å². The number of hydrogen-bond acceptors (Lipinski definition) is 3. The highest BCUT2D eigenvalue weighted by Gasteiger charge is 2.20. The number of para-hydroxylation sites is 1. The number of aromatic nitrogens is 2. The lowest BCUT2D eigenvalue weighted by atomic mass is 10.1. The molecule has 0 saturated carbocycles. The summed E-state index contributed by atoms with van der Waals surface area (Å²) >= 11 is 0. The molecule has 2 heterocycles. The quantitative estimate of drug-likeness (QED) is 0.802. The largest absolute Gasteiger partial charge is 0.311 e. The van der Waals surface area contributed by atoms with Crippen LogP contribution in [0, 0.1) is 0 Å². The van der Waals surface area contributed by atoms with E-state index < -0.39 is 0 Å². The average Bonchev–Trinajstić information content (AvgIpc) is 3.09. The number of carbonyl (C=O) groups excluding carboxylic acids is 1. The zero-order valence-corrected chi connectivity index (χ0v) is 13.9. The molecule has 0 aliphatic carbocycles. The summed E-state index contributed by atoms with van der Waals surface area (Å²) in [7, 11) is 0. The van der Waals surface area contributed by atoms with Crippen LogP contribution in [-0.2, 0) is 17.8 Å². The molecule has 0 spiro atoms. The maximum absolute atomic E-state index is 12.9. The fraction of sp³-hybridized carbons (Fsp3) is 0.200. The number of hydrogen-bond donors (Lipinski definition) is 1. The second-order valence-corrected chi connectivity index (χ2v) is 6.14. The van der Waals surface area contributed by atoms with E-state index in [1.165, 1.54) is 5.56 Å². The van der Waals surface area contributed by atoms with Crippen molar-refractivity contribution in [1.29, 1.82) is 0 Å². The Kier molecular flexibility index (Phi) is 4.31. The average molecular weight is 332 g/mol. The molecule has 2 aromatic carbocycles. The first-order valence-electron chi connectivity index (χ1n) is 8.49. The zero-order chi connectivity index (χ0) is 17.1. The van der Waals surface area contributed by atoms with Crippen LogP contribution >= 0.6 is 0 Å². The number of benzene rings is 2. The molecule has 1 aliphatic rings. The second-order valence-electron chi connectivity index (χ2n) is 6.14. The van der Waals surface area contributed by atoms with E-state index in [2.05, 4.69) is 16.5 Å². The number of fused-ring (bicyclic) bond motifs is 1. The number of amides is 1. The van der Waals surface area contributed by atoms with Gasteiger partial charge in [0.2, 0.25) is 5.91 Å². The molecule has 0 radical (unpaired) electrons. The van der Waals surface area contributed by atoms with Crippen molar-refractivity contribution in [2.24, 2.45) is 0 Å². The van der Waals surface area contributed by atoms with Crippen LogP contribution in [0.2, 0.25) is 0 Å². The van der Waals surface area contributed by atoms with Crippen molar-refractivity contribution in [3.8, 4) is 5.69 Å². The van der Waals surface area contributed by atoms with Gasteiger partial charge in [-0.15, -0.1) is 0 Å². The summed E-state index contributed by atoms with van der Waals surface area (Å²) in [4.78, 5) is 14.8. The third-order valence-corrected chi connectivity index (χ3v) is 4.47. The van der Waals surface area contributed by atoms with Gasteiger partial charge in [-0.25, -0.2) is 4.68 Å². The third kappa shape index (κ3) is 3.32. The van der Waals surface area contributed by atoms with Gasteiger partial charge in [0.05, 0.1) is 12.1 Å². The van der Waals surface area contributed by atoms with Crippen LogP contribution in [0.3, 0.4) is 0 Å². The molecule has 1 amide bonds. The molecule has 5 heteroatoms. The van der Waals surface area contributed by atoms with Crippen molar-refractivity contribution < 1.29 is 4.79 Å². The maximum atomic E-state index is 12.9. The molecule has 0 saturated heterocycles.